The Hall–Kier alpha value is -2.30. The zero-order chi connectivity index (χ0) is 17.5. The molecule has 0 aliphatic carbocycles. The molecule has 25 heavy (non-hydrogen) atoms. The Bertz CT molecular complexity index is 788. The minimum atomic E-state index is -0.276. The average Bonchev–Trinajstić information content (AvgIpc) is 2.67. The fourth-order valence-corrected chi connectivity index (χ4v) is 3.48. The predicted molar refractivity (Wildman–Crippen MR) is 103 cm³/mol. The van der Waals surface area contributed by atoms with E-state index < -0.39 is 0 Å². The lowest BCUT2D eigenvalue weighted by atomic mass is 10.0. The van der Waals surface area contributed by atoms with Crippen molar-refractivity contribution in [3.63, 3.8) is 0 Å². The van der Waals surface area contributed by atoms with Crippen LogP contribution in [0.5, 0.6) is 0 Å². The first kappa shape index (κ1) is 17.5. The Balaban J connectivity index is 1.72. The number of rotatable bonds is 6. The molecule has 1 heterocycles. The number of nitrogens with zero attached hydrogens (tertiary/aromatic N) is 1. The standard InChI is InChI=1S/C20H17ClN2OS/c21-16-10-4-5-12-18(16)25-14-19(24)23-20(15-8-2-1-3-9-15)17-11-6-7-13-22-17/h1-13,20H,14H2,(H,23,24). The quantitative estimate of drug-likeness (QED) is 0.639. The van der Waals surface area contributed by atoms with Gasteiger partial charge in [-0.05, 0) is 29.8 Å². The minimum absolute atomic E-state index is 0.0653. The van der Waals surface area contributed by atoms with Gasteiger partial charge in [-0.1, -0.05) is 60.1 Å². The van der Waals surface area contributed by atoms with Crippen molar-refractivity contribution in [1.82, 2.24) is 10.3 Å². The Morgan fingerprint density at radius 3 is 2.44 bits per heavy atom. The van der Waals surface area contributed by atoms with Crippen molar-refractivity contribution in [1.29, 1.82) is 0 Å². The molecular formula is C20H17ClN2OS. The van der Waals surface area contributed by atoms with Gasteiger partial charge in [-0.2, -0.15) is 0 Å². The molecule has 3 rings (SSSR count). The van der Waals surface area contributed by atoms with E-state index in [4.69, 9.17) is 11.6 Å². The molecule has 3 aromatic rings. The molecule has 126 valence electrons. The van der Waals surface area contributed by atoms with Crippen molar-refractivity contribution in [3.05, 3.63) is 95.3 Å². The van der Waals surface area contributed by atoms with Crippen molar-refractivity contribution in [2.24, 2.45) is 0 Å². The normalized spacial score (nSPS) is 11.7. The molecule has 5 heteroatoms. The third-order valence-corrected chi connectivity index (χ3v) is 5.13. The van der Waals surface area contributed by atoms with E-state index in [2.05, 4.69) is 10.3 Å². The Morgan fingerprint density at radius 2 is 1.72 bits per heavy atom. The van der Waals surface area contributed by atoms with E-state index in [0.717, 1.165) is 16.2 Å². The molecule has 1 amide bonds. The van der Waals surface area contributed by atoms with Gasteiger partial charge in [0.15, 0.2) is 0 Å². The molecule has 3 nitrogen and oxygen atoms in total. The topological polar surface area (TPSA) is 42.0 Å². The largest absolute Gasteiger partial charge is 0.343 e. The summed E-state index contributed by atoms with van der Waals surface area (Å²) in [5.74, 6) is 0.226. The summed E-state index contributed by atoms with van der Waals surface area (Å²) in [7, 11) is 0. The smallest absolute Gasteiger partial charge is 0.231 e. The van der Waals surface area contributed by atoms with Crippen LogP contribution >= 0.6 is 23.4 Å². The molecule has 0 aliphatic heterocycles. The first-order valence-electron chi connectivity index (χ1n) is 7.86. The predicted octanol–water partition coefficient (Wildman–Crippen LogP) is 4.73. The number of halogens is 1. The summed E-state index contributed by atoms with van der Waals surface area (Å²) in [4.78, 5) is 17.8. The minimum Gasteiger partial charge on any atom is -0.343 e. The Kier molecular flexibility index (Phi) is 6.09. The van der Waals surface area contributed by atoms with Crippen LogP contribution in [0.1, 0.15) is 17.3 Å². The molecule has 1 atom stereocenters. The number of hydrogen-bond donors (Lipinski definition) is 1. The van der Waals surface area contributed by atoms with Gasteiger partial charge in [-0.15, -0.1) is 11.8 Å². The van der Waals surface area contributed by atoms with Crippen molar-refractivity contribution < 1.29 is 4.79 Å². The summed E-state index contributed by atoms with van der Waals surface area (Å²) in [5, 5.41) is 3.73. The van der Waals surface area contributed by atoms with Gasteiger partial charge >= 0.3 is 0 Å². The number of thioether (sulfide) groups is 1. The van der Waals surface area contributed by atoms with Crippen molar-refractivity contribution >= 4 is 29.3 Å². The van der Waals surface area contributed by atoms with Gasteiger partial charge in [0.25, 0.3) is 0 Å². The number of amides is 1. The highest BCUT2D eigenvalue weighted by Crippen LogP contribution is 2.27. The van der Waals surface area contributed by atoms with Gasteiger partial charge in [0.2, 0.25) is 5.91 Å². The number of carbonyl (C=O) groups excluding carboxylic acids is 1. The molecule has 1 unspecified atom stereocenters. The van der Waals surface area contributed by atoms with Crippen LogP contribution in [-0.2, 0) is 4.79 Å². The van der Waals surface area contributed by atoms with Crippen molar-refractivity contribution in [2.45, 2.75) is 10.9 Å². The van der Waals surface area contributed by atoms with E-state index in [1.54, 1.807) is 6.20 Å². The maximum Gasteiger partial charge on any atom is 0.231 e. The number of carbonyl (C=O) groups is 1. The molecule has 2 aromatic carbocycles. The Morgan fingerprint density at radius 1 is 1.00 bits per heavy atom. The lowest BCUT2D eigenvalue weighted by Crippen LogP contribution is -2.31. The summed E-state index contributed by atoms with van der Waals surface area (Å²) in [6, 6.07) is 22.8. The summed E-state index contributed by atoms with van der Waals surface area (Å²) < 4.78 is 0. The SMILES string of the molecule is O=C(CSc1ccccc1Cl)NC(c1ccccc1)c1ccccn1. The summed E-state index contributed by atoms with van der Waals surface area (Å²) in [6.45, 7) is 0. The van der Waals surface area contributed by atoms with Gasteiger partial charge < -0.3 is 5.32 Å². The molecule has 0 saturated carbocycles. The lowest BCUT2D eigenvalue weighted by molar-refractivity contribution is -0.119. The van der Waals surface area contributed by atoms with E-state index in [1.807, 2.05) is 72.8 Å². The van der Waals surface area contributed by atoms with Crippen LogP contribution in [0, 0.1) is 0 Å². The second-order valence-corrected chi connectivity index (χ2v) is 6.81. The molecule has 1 N–H and O–H groups in total. The number of aromatic nitrogens is 1. The van der Waals surface area contributed by atoms with Gasteiger partial charge in [0, 0.05) is 11.1 Å². The van der Waals surface area contributed by atoms with E-state index in [-0.39, 0.29) is 11.9 Å². The molecule has 0 fully saturated rings. The van der Waals surface area contributed by atoms with Crippen LogP contribution in [0.4, 0.5) is 0 Å². The third-order valence-electron chi connectivity index (χ3n) is 3.62. The second kappa shape index (κ2) is 8.70. The average molecular weight is 369 g/mol. The monoisotopic (exact) mass is 368 g/mol. The number of nitrogens with one attached hydrogen (secondary N) is 1. The van der Waals surface area contributed by atoms with Gasteiger partial charge in [-0.25, -0.2) is 0 Å². The molecular weight excluding hydrogens is 352 g/mol. The van der Waals surface area contributed by atoms with E-state index in [0.29, 0.717) is 10.8 Å². The fourth-order valence-electron chi connectivity index (χ4n) is 2.43. The van der Waals surface area contributed by atoms with Crippen LogP contribution in [0.2, 0.25) is 5.02 Å². The van der Waals surface area contributed by atoms with Crippen LogP contribution in [0.15, 0.2) is 83.9 Å². The van der Waals surface area contributed by atoms with Crippen LogP contribution in [0.25, 0.3) is 0 Å². The molecule has 0 spiro atoms. The maximum atomic E-state index is 12.5. The third kappa shape index (κ3) is 4.84. The van der Waals surface area contributed by atoms with Gasteiger partial charge in [-0.3, -0.25) is 9.78 Å². The summed E-state index contributed by atoms with van der Waals surface area (Å²) in [6.07, 6.45) is 1.73. The second-order valence-electron chi connectivity index (χ2n) is 5.38. The zero-order valence-electron chi connectivity index (χ0n) is 13.4. The van der Waals surface area contributed by atoms with Gasteiger partial charge in [0.05, 0.1) is 22.5 Å². The number of hydrogen-bond acceptors (Lipinski definition) is 3. The number of pyridine rings is 1. The van der Waals surface area contributed by atoms with E-state index in [9.17, 15) is 4.79 Å². The first-order chi connectivity index (χ1) is 12.2. The zero-order valence-corrected chi connectivity index (χ0v) is 15.0. The van der Waals surface area contributed by atoms with Crippen molar-refractivity contribution in [3.8, 4) is 0 Å². The molecule has 0 radical (unpaired) electrons. The van der Waals surface area contributed by atoms with E-state index in [1.165, 1.54) is 11.8 Å². The summed E-state index contributed by atoms with van der Waals surface area (Å²) in [5.41, 5.74) is 1.81. The van der Waals surface area contributed by atoms with Crippen LogP contribution in [-0.4, -0.2) is 16.6 Å². The lowest BCUT2D eigenvalue weighted by Gasteiger charge is -2.19. The highest BCUT2D eigenvalue weighted by Gasteiger charge is 2.18. The molecule has 0 bridgehead atoms. The number of benzene rings is 2. The van der Waals surface area contributed by atoms with Crippen LogP contribution in [0.3, 0.4) is 0 Å². The maximum absolute atomic E-state index is 12.5. The van der Waals surface area contributed by atoms with Crippen molar-refractivity contribution in [2.75, 3.05) is 5.75 Å². The molecule has 1 aromatic heterocycles. The Labute approximate surface area is 156 Å². The first-order valence-corrected chi connectivity index (χ1v) is 9.23. The van der Waals surface area contributed by atoms with Gasteiger partial charge in [0.1, 0.15) is 0 Å². The van der Waals surface area contributed by atoms with E-state index >= 15 is 0 Å². The molecule has 0 aliphatic rings. The molecule has 0 saturated heterocycles. The fraction of sp³-hybridized carbons (Fsp3) is 0.100. The van der Waals surface area contributed by atoms with Crippen LogP contribution < -0.4 is 5.32 Å². The highest BCUT2D eigenvalue weighted by molar-refractivity contribution is 8.00. The highest BCUT2D eigenvalue weighted by atomic mass is 35.5. The summed E-state index contributed by atoms with van der Waals surface area (Å²) >= 11 is 7.57.